The van der Waals surface area contributed by atoms with Gasteiger partial charge >= 0.3 is 0 Å². The maximum atomic E-state index is 13.7. The van der Waals surface area contributed by atoms with Gasteiger partial charge in [-0.2, -0.15) is 0 Å². The zero-order chi connectivity index (χ0) is 21.3. The summed E-state index contributed by atoms with van der Waals surface area (Å²) in [7, 11) is 0. The van der Waals surface area contributed by atoms with Crippen molar-refractivity contribution in [2.75, 3.05) is 26.3 Å². The molecule has 7 heteroatoms. The van der Waals surface area contributed by atoms with Crippen molar-refractivity contribution in [3.63, 3.8) is 0 Å². The number of aromatic nitrogens is 2. The number of fused-ring (bicyclic) bond motifs is 1. The molecule has 0 bridgehead atoms. The molecule has 2 saturated heterocycles. The molecule has 5 nitrogen and oxygen atoms in total. The first kappa shape index (κ1) is 21.2. The van der Waals surface area contributed by atoms with Gasteiger partial charge in [-0.3, -0.25) is 4.90 Å². The van der Waals surface area contributed by atoms with Crippen LogP contribution in [0, 0.1) is 17.7 Å². The van der Waals surface area contributed by atoms with Crippen LogP contribution in [0.25, 0.3) is 22.2 Å². The molecule has 0 amide bonds. The second-order valence-corrected chi connectivity index (χ2v) is 8.76. The van der Waals surface area contributed by atoms with Gasteiger partial charge in [-0.05, 0) is 41.2 Å². The number of hydrogen-bond acceptors (Lipinski definition) is 4. The van der Waals surface area contributed by atoms with E-state index in [4.69, 9.17) is 16.3 Å². The van der Waals surface area contributed by atoms with Gasteiger partial charge in [0.2, 0.25) is 0 Å². The van der Waals surface area contributed by atoms with Gasteiger partial charge in [-0.15, -0.1) is 0 Å². The minimum absolute atomic E-state index is 0.114. The number of aliphatic hydroxyl groups is 1. The Balaban J connectivity index is 0.000000151. The summed E-state index contributed by atoms with van der Waals surface area (Å²) in [4.78, 5) is 9.34. The average molecular weight is 432 g/mol. The number of halogens is 2. The van der Waals surface area contributed by atoms with Crippen molar-refractivity contribution in [1.82, 2.24) is 14.9 Å². The molecule has 2 fully saturated rings. The standard InChI is InChI=1S/C13H8ClFN2.C10H19NO2/c14-9-3-1-2-8(6-9)10-4-5-16-13-12(10)11(15)7-17-13;1-7-3-11(9-5-13-6-9)4-8(2)10(7)12/h1-7H,(H,16,17);7-10,12H,3-6H2,1-2H3. The number of rotatable bonds is 2. The van der Waals surface area contributed by atoms with Gasteiger partial charge in [-0.25, -0.2) is 9.37 Å². The number of nitrogens with one attached hydrogen (secondary N) is 1. The molecule has 0 saturated carbocycles. The first-order valence-electron chi connectivity index (χ1n) is 10.3. The van der Waals surface area contributed by atoms with Gasteiger partial charge in [0, 0.05) is 30.5 Å². The molecule has 0 radical (unpaired) electrons. The Kier molecular flexibility index (Phi) is 6.39. The lowest BCUT2D eigenvalue weighted by Crippen LogP contribution is -2.57. The third-order valence-corrected chi connectivity index (χ3v) is 6.24. The number of piperidine rings is 1. The number of hydrogen-bond donors (Lipinski definition) is 2. The summed E-state index contributed by atoms with van der Waals surface area (Å²) < 4.78 is 18.9. The predicted molar refractivity (Wildman–Crippen MR) is 117 cm³/mol. The highest BCUT2D eigenvalue weighted by molar-refractivity contribution is 6.30. The van der Waals surface area contributed by atoms with Crippen LogP contribution in [0.3, 0.4) is 0 Å². The SMILES string of the molecule is CC1CN(C2COC2)CC(C)C1O.Fc1c[nH]c2nccc(-c3cccc(Cl)c3)c12. The monoisotopic (exact) mass is 431 g/mol. The number of ether oxygens (including phenoxy) is 1. The summed E-state index contributed by atoms with van der Waals surface area (Å²) in [6.45, 7) is 8.09. The summed E-state index contributed by atoms with van der Waals surface area (Å²) in [6.07, 6.45) is 2.84. The van der Waals surface area contributed by atoms with Gasteiger partial charge in [0.25, 0.3) is 0 Å². The topological polar surface area (TPSA) is 61.4 Å². The summed E-state index contributed by atoms with van der Waals surface area (Å²) in [5.41, 5.74) is 2.21. The molecule has 2 aromatic heterocycles. The van der Waals surface area contributed by atoms with E-state index in [1.165, 1.54) is 6.20 Å². The largest absolute Gasteiger partial charge is 0.392 e. The third-order valence-electron chi connectivity index (χ3n) is 6.01. The predicted octanol–water partition coefficient (Wildman–Crippen LogP) is 4.36. The van der Waals surface area contributed by atoms with Crippen molar-refractivity contribution < 1.29 is 14.2 Å². The second kappa shape index (κ2) is 9.02. The summed E-state index contributed by atoms with van der Waals surface area (Å²) in [5.74, 6) is 0.511. The van der Waals surface area contributed by atoms with Crippen LogP contribution in [0.2, 0.25) is 5.02 Å². The van der Waals surface area contributed by atoms with E-state index >= 15 is 0 Å². The number of aromatic amines is 1. The quantitative estimate of drug-likeness (QED) is 0.633. The van der Waals surface area contributed by atoms with Crippen molar-refractivity contribution >= 4 is 22.6 Å². The van der Waals surface area contributed by atoms with Crippen molar-refractivity contribution in [3.05, 3.63) is 53.6 Å². The van der Waals surface area contributed by atoms with Gasteiger partial charge in [0.15, 0.2) is 5.82 Å². The number of aliphatic hydroxyl groups excluding tert-OH is 1. The van der Waals surface area contributed by atoms with Gasteiger partial charge in [-0.1, -0.05) is 37.6 Å². The van der Waals surface area contributed by atoms with E-state index < -0.39 is 0 Å². The number of nitrogens with zero attached hydrogens (tertiary/aromatic N) is 2. The third kappa shape index (κ3) is 4.37. The lowest BCUT2D eigenvalue weighted by Gasteiger charge is -2.45. The molecule has 3 aromatic rings. The maximum absolute atomic E-state index is 13.7. The molecule has 2 aliphatic heterocycles. The number of H-pyrrole nitrogens is 1. The normalized spacial score (nSPS) is 24.9. The van der Waals surface area contributed by atoms with E-state index in [1.54, 1.807) is 18.3 Å². The summed E-state index contributed by atoms with van der Waals surface area (Å²) in [6, 6.07) is 9.74. The molecular weight excluding hydrogens is 405 g/mol. The van der Waals surface area contributed by atoms with E-state index in [2.05, 4.69) is 28.7 Å². The van der Waals surface area contributed by atoms with Crippen LogP contribution < -0.4 is 0 Å². The van der Waals surface area contributed by atoms with Crippen LogP contribution in [0.1, 0.15) is 13.8 Å². The molecule has 2 unspecified atom stereocenters. The number of benzene rings is 1. The Morgan fingerprint density at radius 2 is 1.93 bits per heavy atom. The molecule has 160 valence electrons. The number of pyridine rings is 1. The molecule has 1 aromatic carbocycles. The maximum Gasteiger partial charge on any atom is 0.150 e. The molecule has 4 heterocycles. The molecular formula is C23H27ClFN3O2. The molecule has 0 spiro atoms. The van der Waals surface area contributed by atoms with Gasteiger partial charge < -0.3 is 14.8 Å². The molecule has 2 atom stereocenters. The van der Waals surface area contributed by atoms with E-state index in [0.717, 1.165) is 37.4 Å². The Labute approximate surface area is 180 Å². The van der Waals surface area contributed by atoms with Crippen molar-refractivity contribution in [2.24, 2.45) is 11.8 Å². The lowest BCUT2D eigenvalue weighted by molar-refractivity contribution is -0.104. The fourth-order valence-electron chi connectivity index (χ4n) is 4.24. The Morgan fingerprint density at radius 3 is 2.57 bits per heavy atom. The van der Waals surface area contributed by atoms with Crippen LogP contribution >= 0.6 is 11.6 Å². The Hall–Kier alpha value is -1.99. The first-order valence-corrected chi connectivity index (χ1v) is 10.7. The molecule has 5 rings (SSSR count). The lowest BCUT2D eigenvalue weighted by atomic mass is 9.87. The highest BCUT2D eigenvalue weighted by Gasteiger charge is 2.35. The average Bonchev–Trinajstić information content (AvgIpc) is 3.06. The minimum atomic E-state index is -0.303. The Bertz CT molecular complexity index is 995. The molecule has 0 aliphatic carbocycles. The molecule has 2 aliphatic rings. The van der Waals surface area contributed by atoms with E-state index in [1.807, 2.05) is 18.2 Å². The van der Waals surface area contributed by atoms with E-state index in [0.29, 0.717) is 33.9 Å². The van der Waals surface area contributed by atoms with Gasteiger partial charge in [0.05, 0.1) is 30.7 Å². The van der Waals surface area contributed by atoms with Crippen LogP contribution in [0.4, 0.5) is 4.39 Å². The van der Waals surface area contributed by atoms with Crippen LogP contribution in [0.15, 0.2) is 42.7 Å². The zero-order valence-corrected chi connectivity index (χ0v) is 17.9. The van der Waals surface area contributed by atoms with Crippen molar-refractivity contribution in [3.8, 4) is 11.1 Å². The fourth-order valence-corrected chi connectivity index (χ4v) is 4.43. The first-order chi connectivity index (χ1) is 14.4. The minimum Gasteiger partial charge on any atom is -0.392 e. The van der Waals surface area contributed by atoms with Crippen LogP contribution in [-0.2, 0) is 4.74 Å². The van der Waals surface area contributed by atoms with Crippen LogP contribution in [-0.4, -0.2) is 58.4 Å². The Morgan fingerprint density at radius 1 is 1.20 bits per heavy atom. The van der Waals surface area contributed by atoms with Crippen molar-refractivity contribution in [2.45, 2.75) is 26.0 Å². The molecule has 2 N–H and O–H groups in total. The molecule has 30 heavy (non-hydrogen) atoms. The van der Waals surface area contributed by atoms with Gasteiger partial charge in [0.1, 0.15) is 5.65 Å². The van der Waals surface area contributed by atoms with E-state index in [-0.39, 0.29) is 11.9 Å². The zero-order valence-electron chi connectivity index (χ0n) is 17.2. The number of likely N-dealkylation sites (tertiary alicyclic amines) is 1. The summed E-state index contributed by atoms with van der Waals surface area (Å²) in [5, 5.41) is 10.9. The second-order valence-electron chi connectivity index (χ2n) is 8.32. The van der Waals surface area contributed by atoms with Crippen LogP contribution in [0.5, 0.6) is 0 Å². The smallest absolute Gasteiger partial charge is 0.150 e. The fraction of sp³-hybridized carbons (Fsp3) is 0.435. The summed E-state index contributed by atoms with van der Waals surface area (Å²) >= 11 is 5.94. The van der Waals surface area contributed by atoms with Crippen molar-refractivity contribution in [1.29, 1.82) is 0 Å². The van der Waals surface area contributed by atoms with E-state index in [9.17, 15) is 9.50 Å². The highest BCUT2D eigenvalue weighted by Crippen LogP contribution is 2.30. The highest BCUT2D eigenvalue weighted by atomic mass is 35.5.